The number of nitrogens with one attached hydrogen (secondary N) is 2. The Kier molecular flexibility index (Phi) is 3.57. The molecule has 0 aliphatic heterocycles. The second-order valence-corrected chi connectivity index (χ2v) is 3.94. The minimum Gasteiger partial charge on any atom is -0.480 e. The van der Waals surface area contributed by atoms with Crippen molar-refractivity contribution in [1.29, 1.82) is 0 Å². The molecular weight excluding hydrogens is 234 g/mol. The molecule has 1 aliphatic carbocycles. The van der Waals surface area contributed by atoms with Crippen LogP contribution in [0.15, 0.2) is 30.4 Å². The van der Waals surface area contributed by atoms with E-state index in [-0.39, 0.29) is 11.6 Å². The van der Waals surface area contributed by atoms with Crippen LogP contribution >= 0.6 is 0 Å². The predicted molar refractivity (Wildman–Crippen MR) is 64.2 cm³/mol. The highest BCUT2D eigenvalue weighted by Crippen LogP contribution is 2.23. The average Bonchev–Trinajstić information content (AvgIpc) is 2.86. The van der Waals surface area contributed by atoms with Gasteiger partial charge < -0.3 is 10.4 Å². The van der Waals surface area contributed by atoms with Gasteiger partial charge in [0, 0.05) is 11.6 Å². The Hall–Kier alpha value is -2.37. The molecule has 1 heterocycles. The maximum absolute atomic E-state index is 11.6. The van der Waals surface area contributed by atoms with Crippen LogP contribution in [0.5, 0.6) is 0 Å². The molecule has 1 amide bonds. The van der Waals surface area contributed by atoms with Crippen LogP contribution in [0, 0.1) is 0 Å². The Morgan fingerprint density at radius 2 is 2.33 bits per heavy atom. The van der Waals surface area contributed by atoms with Crippen LogP contribution in [-0.2, 0) is 4.79 Å². The minimum atomic E-state index is -1.08. The van der Waals surface area contributed by atoms with E-state index in [0.29, 0.717) is 0 Å². The molecule has 1 aromatic heterocycles. The highest BCUT2D eigenvalue weighted by molar-refractivity contribution is 5.94. The first-order chi connectivity index (χ1) is 8.66. The number of nitrogens with zero attached hydrogens (tertiary/aromatic N) is 1. The Labute approximate surface area is 103 Å². The van der Waals surface area contributed by atoms with Crippen molar-refractivity contribution in [3.05, 3.63) is 41.8 Å². The first-order valence-corrected chi connectivity index (χ1v) is 5.55. The number of carbonyl (C=O) groups is 2. The summed E-state index contributed by atoms with van der Waals surface area (Å²) in [5.74, 6) is -1.39. The first-order valence-electron chi connectivity index (χ1n) is 5.55. The molecular formula is C12H13N3O3. The number of hydrogen-bond donors (Lipinski definition) is 3. The van der Waals surface area contributed by atoms with Crippen molar-refractivity contribution in [2.75, 3.05) is 6.54 Å². The van der Waals surface area contributed by atoms with Crippen molar-refractivity contribution in [2.45, 2.75) is 12.3 Å². The standard InChI is InChI=1S/C12H13N3O3/c16-11(17)7-13-12(18)10-6-9(14-15-10)8-4-2-1-3-5-8/h1-4,6,8H,5,7H2,(H,13,18)(H,14,15)(H,16,17). The lowest BCUT2D eigenvalue weighted by molar-refractivity contribution is -0.135. The van der Waals surface area contributed by atoms with Gasteiger partial charge in [0.05, 0.1) is 0 Å². The predicted octanol–water partition coefficient (Wildman–Crippen LogP) is 0.824. The molecule has 18 heavy (non-hydrogen) atoms. The third-order valence-corrected chi connectivity index (χ3v) is 2.61. The molecule has 0 aromatic carbocycles. The molecule has 2 rings (SSSR count). The molecule has 1 atom stereocenters. The first kappa shape index (κ1) is 12.1. The van der Waals surface area contributed by atoms with Crippen molar-refractivity contribution in [2.24, 2.45) is 0 Å². The lowest BCUT2D eigenvalue weighted by atomic mass is 9.97. The molecule has 0 saturated heterocycles. The Bertz CT molecular complexity index is 516. The van der Waals surface area contributed by atoms with Crippen molar-refractivity contribution < 1.29 is 14.7 Å². The van der Waals surface area contributed by atoms with Gasteiger partial charge in [-0.15, -0.1) is 0 Å². The number of rotatable bonds is 4. The third-order valence-electron chi connectivity index (χ3n) is 2.61. The van der Waals surface area contributed by atoms with E-state index in [1.54, 1.807) is 6.07 Å². The van der Waals surface area contributed by atoms with Gasteiger partial charge in [0.25, 0.3) is 5.91 Å². The molecule has 0 fully saturated rings. The number of aromatic amines is 1. The zero-order chi connectivity index (χ0) is 13.0. The maximum Gasteiger partial charge on any atom is 0.322 e. The minimum absolute atomic E-state index is 0.184. The quantitative estimate of drug-likeness (QED) is 0.734. The van der Waals surface area contributed by atoms with Crippen LogP contribution in [-0.4, -0.2) is 33.7 Å². The molecule has 0 spiro atoms. The lowest BCUT2D eigenvalue weighted by Crippen LogP contribution is -2.29. The number of H-pyrrole nitrogens is 1. The van der Waals surface area contributed by atoms with Gasteiger partial charge in [-0.05, 0) is 12.5 Å². The van der Waals surface area contributed by atoms with Crippen molar-refractivity contribution in [3.8, 4) is 0 Å². The third kappa shape index (κ3) is 2.85. The van der Waals surface area contributed by atoms with Crippen LogP contribution < -0.4 is 5.32 Å². The van der Waals surface area contributed by atoms with Crippen molar-refractivity contribution in [1.82, 2.24) is 15.5 Å². The summed E-state index contributed by atoms with van der Waals surface area (Å²) in [7, 11) is 0. The SMILES string of the molecule is O=C(O)CNC(=O)c1cc(C2C=CC=CC2)[nH]n1. The van der Waals surface area contributed by atoms with Crippen LogP contribution in [0.2, 0.25) is 0 Å². The zero-order valence-electron chi connectivity index (χ0n) is 9.59. The fourth-order valence-corrected chi connectivity index (χ4v) is 1.70. The van der Waals surface area contributed by atoms with Gasteiger partial charge >= 0.3 is 5.97 Å². The number of carboxylic acids is 1. The van der Waals surface area contributed by atoms with Crippen molar-refractivity contribution in [3.63, 3.8) is 0 Å². The Balaban J connectivity index is 2.01. The number of aromatic nitrogens is 2. The number of amides is 1. The molecule has 3 N–H and O–H groups in total. The summed E-state index contributed by atoms with van der Waals surface area (Å²) in [5.41, 5.74) is 1.05. The summed E-state index contributed by atoms with van der Waals surface area (Å²) >= 11 is 0. The summed E-state index contributed by atoms with van der Waals surface area (Å²) < 4.78 is 0. The van der Waals surface area contributed by atoms with Gasteiger partial charge in [-0.25, -0.2) is 0 Å². The van der Waals surface area contributed by atoms with E-state index in [1.165, 1.54) is 0 Å². The Morgan fingerprint density at radius 1 is 1.50 bits per heavy atom. The highest BCUT2D eigenvalue weighted by atomic mass is 16.4. The molecule has 1 aliphatic rings. The molecule has 0 saturated carbocycles. The molecule has 6 heteroatoms. The van der Waals surface area contributed by atoms with E-state index in [2.05, 4.69) is 15.5 Å². The number of hydrogen-bond acceptors (Lipinski definition) is 3. The van der Waals surface area contributed by atoms with Gasteiger partial charge in [0.1, 0.15) is 12.2 Å². The molecule has 1 aromatic rings. The van der Waals surface area contributed by atoms with Gasteiger partial charge in [0.2, 0.25) is 0 Å². The molecule has 94 valence electrons. The topological polar surface area (TPSA) is 95.1 Å². The van der Waals surface area contributed by atoms with Crippen LogP contribution in [0.3, 0.4) is 0 Å². The number of carboxylic acid groups (broad SMARTS) is 1. The molecule has 1 unspecified atom stereocenters. The van der Waals surface area contributed by atoms with Crippen molar-refractivity contribution >= 4 is 11.9 Å². The smallest absolute Gasteiger partial charge is 0.322 e. The summed E-state index contributed by atoms with van der Waals surface area (Å²) in [4.78, 5) is 21.9. The fourth-order valence-electron chi connectivity index (χ4n) is 1.70. The van der Waals surface area contributed by atoms with Crippen LogP contribution in [0.25, 0.3) is 0 Å². The number of allylic oxidation sites excluding steroid dienone is 4. The summed E-state index contributed by atoms with van der Waals surface area (Å²) in [6.45, 7) is -0.410. The average molecular weight is 247 g/mol. The Morgan fingerprint density at radius 3 is 3.00 bits per heavy atom. The maximum atomic E-state index is 11.6. The normalized spacial score (nSPS) is 17.7. The second kappa shape index (κ2) is 5.31. The summed E-state index contributed by atoms with van der Waals surface area (Å²) in [6, 6.07) is 1.64. The number of aliphatic carboxylic acids is 1. The van der Waals surface area contributed by atoms with E-state index in [9.17, 15) is 9.59 Å². The summed E-state index contributed by atoms with van der Waals surface area (Å²) in [6.07, 6.45) is 8.82. The van der Waals surface area contributed by atoms with Gasteiger partial charge in [-0.3, -0.25) is 14.7 Å². The monoisotopic (exact) mass is 247 g/mol. The highest BCUT2D eigenvalue weighted by Gasteiger charge is 2.15. The van der Waals surface area contributed by atoms with E-state index in [0.717, 1.165) is 12.1 Å². The molecule has 6 nitrogen and oxygen atoms in total. The van der Waals surface area contributed by atoms with Gasteiger partial charge in [0.15, 0.2) is 0 Å². The fraction of sp³-hybridized carbons (Fsp3) is 0.250. The lowest BCUT2D eigenvalue weighted by Gasteiger charge is -2.09. The molecule has 0 radical (unpaired) electrons. The van der Waals surface area contributed by atoms with E-state index in [1.807, 2.05) is 24.3 Å². The summed E-state index contributed by atoms with van der Waals surface area (Å²) in [5, 5.41) is 17.4. The second-order valence-electron chi connectivity index (χ2n) is 3.94. The van der Waals surface area contributed by atoms with Gasteiger partial charge in [-0.1, -0.05) is 24.3 Å². The largest absolute Gasteiger partial charge is 0.480 e. The van der Waals surface area contributed by atoms with Crippen LogP contribution in [0.4, 0.5) is 0 Å². The zero-order valence-corrected chi connectivity index (χ0v) is 9.59. The van der Waals surface area contributed by atoms with Gasteiger partial charge in [-0.2, -0.15) is 5.10 Å². The number of carbonyl (C=O) groups excluding carboxylic acids is 1. The van der Waals surface area contributed by atoms with E-state index < -0.39 is 18.4 Å². The van der Waals surface area contributed by atoms with E-state index in [4.69, 9.17) is 5.11 Å². The van der Waals surface area contributed by atoms with Crippen LogP contribution in [0.1, 0.15) is 28.5 Å². The van der Waals surface area contributed by atoms with E-state index >= 15 is 0 Å². The molecule has 0 bridgehead atoms.